The molecular formula is C13H15N3. The van der Waals surface area contributed by atoms with Crippen LogP contribution in [0.1, 0.15) is 11.1 Å². The van der Waals surface area contributed by atoms with Gasteiger partial charge in [-0.3, -0.25) is 0 Å². The SMILES string of the molecule is Nc1ccc(Cc2cc(N)ccc2N)cc1. The van der Waals surface area contributed by atoms with Gasteiger partial charge in [0.15, 0.2) is 0 Å². The van der Waals surface area contributed by atoms with E-state index in [2.05, 4.69) is 0 Å². The zero-order valence-corrected chi connectivity index (χ0v) is 8.98. The molecule has 3 heteroatoms. The standard InChI is InChI=1S/C13H15N3/c14-11-3-1-9(2-4-11)7-10-8-12(15)5-6-13(10)16/h1-6,8H,7,14-16H2. The number of anilines is 3. The Kier molecular flexibility index (Phi) is 2.68. The Balaban J connectivity index is 2.26. The van der Waals surface area contributed by atoms with E-state index in [1.54, 1.807) is 0 Å². The number of nitrogens with two attached hydrogens (primary N) is 3. The molecule has 0 saturated carbocycles. The Morgan fingerprint density at radius 3 is 2.06 bits per heavy atom. The molecule has 2 aromatic rings. The van der Waals surface area contributed by atoms with Gasteiger partial charge < -0.3 is 17.2 Å². The number of hydrogen-bond acceptors (Lipinski definition) is 3. The Hall–Kier alpha value is -2.16. The molecule has 0 spiro atoms. The van der Waals surface area contributed by atoms with E-state index in [1.165, 1.54) is 5.56 Å². The Bertz CT molecular complexity index is 489. The zero-order valence-electron chi connectivity index (χ0n) is 8.98. The van der Waals surface area contributed by atoms with E-state index in [9.17, 15) is 0 Å². The van der Waals surface area contributed by atoms with Crippen LogP contribution in [0.2, 0.25) is 0 Å². The third-order valence-electron chi connectivity index (χ3n) is 2.54. The second kappa shape index (κ2) is 4.14. The molecule has 0 atom stereocenters. The highest BCUT2D eigenvalue weighted by Crippen LogP contribution is 2.19. The lowest BCUT2D eigenvalue weighted by molar-refractivity contribution is 1.20. The van der Waals surface area contributed by atoms with Crippen LogP contribution in [0.4, 0.5) is 17.1 Å². The smallest absolute Gasteiger partial charge is 0.0351 e. The van der Waals surface area contributed by atoms with Crippen molar-refractivity contribution in [1.29, 1.82) is 0 Å². The largest absolute Gasteiger partial charge is 0.399 e. The third kappa shape index (κ3) is 2.25. The molecule has 0 aliphatic rings. The van der Waals surface area contributed by atoms with E-state index < -0.39 is 0 Å². The maximum absolute atomic E-state index is 5.89. The molecule has 0 amide bonds. The molecule has 2 rings (SSSR count). The Labute approximate surface area is 94.9 Å². The van der Waals surface area contributed by atoms with E-state index in [-0.39, 0.29) is 0 Å². The van der Waals surface area contributed by atoms with Gasteiger partial charge in [0.2, 0.25) is 0 Å². The van der Waals surface area contributed by atoms with Gasteiger partial charge in [0, 0.05) is 17.1 Å². The van der Waals surface area contributed by atoms with Crippen molar-refractivity contribution in [1.82, 2.24) is 0 Å². The first kappa shape index (κ1) is 10.4. The summed E-state index contributed by atoms with van der Waals surface area (Å²) in [6.45, 7) is 0. The summed E-state index contributed by atoms with van der Waals surface area (Å²) in [5, 5.41) is 0. The minimum Gasteiger partial charge on any atom is -0.399 e. The maximum Gasteiger partial charge on any atom is 0.0351 e. The fourth-order valence-electron chi connectivity index (χ4n) is 1.63. The summed E-state index contributed by atoms with van der Waals surface area (Å²) in [5.41, 5.74) is 21.7. The van der Waals surface area contributed by atoms with Gasteiger partial charge in [-0.15, -0.1) is 0 Å². The molecule has 2 aromatic carbocycles. The number of nitrogen functional groups attached to an aromatic ring is 3. The first-order valence-corrected chi connectivity index (χ1v) is 5.13. The van der Waals surface area contributed by atoms with Gasteiger partial charge in [-0.05, 0) is 47.9 Å². The first-order chi connectivity index (χ1) is 7.65. The van der Waals surface area contributed by atoms with Crippen molar-refractivity contribution < 1.29 is 0 Å². The summed E-state index contributed by atoms with van der Waals surface area (Å²) in [5.74, 6) is 0. The van der Waals surface area contributed by atoms with E-state index >= 15 is 0 Å². The summed E-state index contributed by atoms with van der Waals surface area (Å²) in [6, 6.07) is 13.3. The monoisotopic (exact) mass is 213 g/mol. The summed E-state index contributed by atoms with van der Waals surface area (Å²) >= 11 is 0. The van der Waals surface area contributed by atoms with Crippen molar-refractivity contribution in [3.63, 3.8) is 0 Å². The molecule has 3 nitrogen and oxygen atoms in total. The van der Waals surface area contributed by atoms with Crippen molar-refractivity contribution in [3.8, 4) is 0 Å². The molecule has 0 saturated heterocycles. The zero-order chi connectivity index (χ0) is 11.5. The second-order valence-corrected chi connectivity index (χ2v) is 3.88. The highest BCUT2D eigenvalue weighted by atomic mass is 14.6. The quantitative estimate of drug-likeness (QED) is 0.668. The highest BCUT2D eigenvalue weighted by molar-refractivity contribution is 5.56. The lowest BCUT2D eigenvalue weighted by Gasteiger charge is -2.07. The molecule has 6 N–H and O–H groups in total. The third-order valence-corrected chi connectivity index (χ3v) is 2.54. The van der Waals surface area contributed by atoms with Crippen LogP contribution in [-0.2, 0) is 6.42 Å². The van der Waals surface area contributed by atoms with Crippen molar-refractivity contribution in [3.05, 3.63) is 53.6 Å². The van der Waals surface area contributed by atoms with Gasteiger partial charge in [0.1, 0.15) is 0 Å². The minimum atomic E-state index is 0.736. The van der Waals surface area contributed by atoms with Crippen molar-refractivity contribution in [2.45, 2.75) is 6.42 Å². The van der Waals surface area contributed by atoms with Crippen molar-refractivity contribution >= 4 is 17.1 Å². The van der Waals surface area contributed by atoms with E-state index in [0.717, 1.165) is 29.0 Å². The average Bonchev–Trinajstić information content (AvgIpc) is 2.27. The Morgan fingerprint density at radius 1 is 0.750 bits per heavy atom. The van der Waals surface area contributed by atoms with Crippen LogP contribution in [0.3, 0.4) is 0 Å². The fourth-order valence-corrected chi connectivity index (χ4v) is 1.63. The van der Waals surface area contributed by atoms with Crippen molar-refractivity contribution in [2.24, 2.45) is 0 Å². The van der Waals surface area contributed by atoms with Crippen LogP contribution in [-0.4, -0.2) is 0 Å². The van der Waals surface area contributed by atoms with Crippen LogP contribution in [0, 0.1) is 0 Å². The summed E-state index contributed by atoms with van der Waals surface area (Å²) in [4.78, 5) is 0. The van der Waals surface area contributed by atoms with Gasteiger partial charge in [-0.1, -0.05) is 12.1 Å². The van der Waals surface area contributed by atoms with E-state index in [1.807, 2.05) is 42.5 Å². The molecule has 0 bridgehead atoms. The second-order valence-electron chi connectivity index (χ2n) is 3.88. The Morgan fingerprint density at radius 2 is 1.38 bits per heavy atom. The lowest BCUT2D eigenvalue weighted by Crippen LogP contribution is -1.98. The van der Waals surface area contributed by atoms with Crippen LogP contribution in [0.25, 0.3) is 0 Å². The molecule has 0 aromatic heterocycles. The molecule has 0 aliphatic carbocycles. The molecule has 16 heavy (non-hydrogen) atoms. The molecule has 0 fully saturated rings. The normalized spacial score (nSPS) is 10.2. The molecule has 0 radical (unpaired) electrons. The average molecular weight is 213 g/mol. The van der Waals surface area contributed by atoms with Crippen LogP contribution in [0.15, 0.2) is 42.5 Å². The fraction of sp³-hybridized carbons (Fsp3) is 0.0769. The molecule has 0 unspecified atom stereocenters. The van der Waals surface area contributed by atoms with Crippen LogP contribution in [0.5, 0.6) is 0 Å². The predicted octanol–water partition coefficient (Wildman–Crippen LogP) is 2.02. The van der Waals surface area contributed by atoms with E-state index in [4.69, 9.17) is 17.2 Å². The van der Waals surface area contributed by atoms with Gasteiger partial charge in [-0.25, -0.2) is 0 Å². The first-order valence-electron chi connectivity index (χ1n) is 5.13. The topological polar surface area (TPSA) is 78.1 Å². The molecule has 82 valence electrons. The van der Waals surface area contributed by atoms with Gasteiger partial charge >= 0.3 is 0 Å². The highest BCUT2D eigenvalue weighted by Gasteiger charge is 2.01. The van der Waals surface area contributed by atoms with Crippen LogP contribution < -0.4 is 17.2 Å². The van der Waals surface area contributed by atoms with E-state index in [0.29, 0.717) is 0 Å². The number of rotatable bonds is 2. The predicted molar refractivity (Wildman–Crippen MR) is 68.9 cm³/mol. The summed E-state index contributed by atoms with van der Waals surface area (Å²) < 4.78 is 0. The molecule has 0 heterocycles. The minimum absolute atomic E-state index is 0.736. The van der Waals surface area contributed by atoms with Gasteiger partial charge in [0.25, 0.3) is 0 Å². The molecule has 0 aliphatic heterocycles. The number of hydrogen-bond donors (Lipinski definition) is 3. The lowest BCUT2D eigenvalue weighted by atomic mass is 10.0. The van der Waals surface area contributed by atoms with Gasteiger partial charge in [0.05, 0.1) is 0 Å². The molecular weight excluding hydrogens is 198 g/mol. The van der Waals surface area contributed by atoms with Crippen LogP contribution >= 0.6 is 0 Å². The van der Waals surface area contributed by atoms with Crippen molar-refractivity contribution in [2.75, 3.05) is 17.2 Å². The summed E-state index contributed by atoms with van der Waals surface area (Å²) in [6.07, 6.45) is 0.775. The maximum atomic E-state index is 5.89. The van der Waals surface area contributed by atoms with Gasteiger partial charge in [-0.2, -0.15) is 0 Å². The number of benzene rings is 2. The summed E-state index contributed by atoms with van der Waals surface area (Å²) in [7, 11) is 0.